The molecule has 4 heteroatoms. The standard InChI is InChI=1S/C39H52O4/c1-24(2)27-14-20-39(21-17-32(40)41)23-22-37(6)29(33(27)39)12-13-31-36(5)18-15-28(25-8-10-26(11-9-25)34(42)43)35(3,4)30(36)16-19-38(31,37)7/h8-11,15,17,21,27,29-31,33H,1,12-14,16,18-20,22-23H2,2-7H3,(H,40,41)(H,42,43)/b21-17+/t27-,29+,30-,31+,33+,36-,37+,38+,39-/m0/s1. The van der Waals surface area contributed by atoms with Crippen LogP contribution >= 0.6 is 0 Å². The van der Waals surface area contributed by atoms with E-state index in [4.69, 9.17) is 0 Å². The fourth-order valence-electron chi connectivity index (χ4n) is 12.6. The van der Waals surface area contributed by atoms with Gasteiger partial charge in [-0.1, -0.05) is 71.1 Å². The Labute approximate surface area is 258 Å². The molecule has 9 atom stereocenters. The average molecular weight is 585 g/mol. The second kappa shape index (κ2) is 9.94. The van der Waals surface area contributed by atoms with Gasteiger partial charge < -0.3 is 10.2 Å². The lowest BCUT2D eigenvalue weighted by Gasteiger charge is -2.72. The molecule has 0 aliphatic heterocycles. The maximum atomic E-state index is 11.7. The first-order valence-electron chi connectivity index (χ1n) is 16.7. The molecule has 0 saturated heterocycles. The smallest absolute Gasteiger partial charge is 0.335 e. The van der Waals surface area contributed by atoms with Crippen molar-refractivity contribution in [3.63, 3.8) is 0 Å². The zero-order valence-corrected chi connectivity index (χ0v) is 27.2. The van der Waals surface area contributed by atoms with E-state index in [2.05, 4.69) is 60.3 Å². The van der Waals surface area contributed by atoms with Gasteiger partial charge in [-0.2, -0.15) is 0 Å². The maximum Gasteiger partial charge on any atom is 0.335 e. The normalized spacial score (nSPS) is 43.1. The minimum atomic E-state index is -0.878. The van der Waals surface area contributed by atoms with Gasteiger partial charge in [0.25, 0.3) is 0 Å². The molecule has 0 radical (unpaired) electrons. The molecule has 0 aromatic heterocycles. The molecule has 6 rings (SSSR count). The quantitative estimate of drug-likeness (QED) is 0.267. The first kappa shape index (κ1) is 30.4. The summed E-state index contributed by atoms with van der Waals surface area (Å²) in [5.41, 5.74) is 4.79. The van der Waals surface area contributed by atoms with Gasteiger partial charge >= 0.3 is 11.9 Å². The van der Waals surface area contributed by atoms with Crippen LogP contribution in [-0.2, 0) is 4.79 Å². The Kier molecular flexibility index (Phi) is 7.03. The fraction of sp³-hybridized carbons (Fsp3) is 0.641. The summed E-state index contributed by atoms with van der Waals surface area (Å²) in [7, 11) is 0. The van der Waals surface area contributed by atoms with Gasteiger partial charge in [0.1, 0.15) is 0 Å². The van der Waals surface area contributed by atoms with Gasteiger partial charge in [-0.15, -0.1) is 0 Å². The van der Waals surface area contributed by atoms with Crippen LogP contribution in [0.5, 0.6) is 0 Å². The Hall–Kier alpha value is -2.62. The molecule has 0 bridgehead atoms. The van der Waals surface area contributed by atoms with Crippen LogP contribution in [0.3, 0.4) is 0 Å². The van der Waals surface area contributed by atoms with Crippen molar-refractivity contribution in [1.82, 2.24) is 0 Å². The molecule has 1 aromatic rings. The van der Waals surface area contributed by atoms with Gasteiger partial charge in [0.15, 0.2) is 0 Å². The number of rotatable bonds is 5. The number of carbonyl (C=O) groups is 2. The van der Waals surface area contributed by atoms with Crippen molar-refractivity contribution in [3.8, 4) is 0 Å². The van der Waals surface area contributed by atoms with E-state index in [9.17, 15) is 19.8 Å². The van der Waals surface area contributed by atoms with E-state index in [0.717, 1.165) is 31.2 Å². The molecule has 5 aliphatic rings. The Morgan fingerprint density at radius 2 is 1.56 bits per heavy atom. The van der Waals surface area contributed by atoms with Crippen LogP contribution in [0.4, 0.5) is 0 Å². The second-order valence-electron chi connectivity index (χ2n) is 16.5. The van der Waals surface area contributed by atoms with Gasteiger partial charge in [-0.3, -0.25) is 0 Å². The van der Waals surface area contributed by atoms with Crippen molar-refractivity contribution >= 4 is 17.5 Å². The van der Waals surface area contributed by atoms with Crippen LogP contribution in [0, 0.1) is 56.7 Å². The van der Waals surface area contributed by atoms with E-state index >= 15 is 0 Å². The predicted molar refractivity (Wildman–Crippen MR) is 173 cm³/mol. The van der Waals surface area contributed by atoms with E-state index in [1.807, 2.05) is 12.1 Å². The summed E-state index contributed by atoms with van der Waals surface area (Å²) in [4.78, 5) is 23.2. The molecule has 232 valence electrons. The fourth-order valence-corrected chi connectivity index (χ4v) is 12.6. The van der Waals surface area contributed by atoms with Gasteiger partial charge in [0.05, 0.1) is 5.56 Å². The molecule has 4 nitrogen and oxygen atoms in total. The van der Waals surface area contributed by atoms with Crippen molar-refractivity contribution in [2.24, 2.45) is 56.7 Å². The summed E-state index contributed by atoms with van der Waals surface area (Å²) < 4.78 is 0. The van der Waals surface area contributed by atoms with Gasteiger partial charge in [0, 0.05) is 6.08 Å². The Morgan fingerprint density at radius 3 is 2.19 bits per heavy atom. The first-order chi connectivity index (χ1) is 20.1. The van der Waals surface area contributed by atoms with Crippen molar-refractivity contribution in [2.45, 2.75) is 99.3 Å². The van der Waals surface area contributed by atoms with Crippen LogP contribution in [-0.4, -0.2) is 22.2 Å². The molecule has 2 N–H and O–H groups in total. The van der Waals surface area contributed by atoms with E-state index in [-0.39, 0.29) is 27.1 Å². The molecular weight excluding hydrogens is 532 g/mol. The molecule has 0 amide bonds. The van der Waals surface area contributed by atoms with Crippen molar-refractivity contribution in [3.05, 3.63) is 65.8 Å². The number of aliphatic carboxylic acids is 1. The Bertz CT molecular complexity index is 1400. The van der Waals surface area contributed by atoms with Crippen LogP contribution in [0.2, 0.25) is 0 Å². The molecular formula is C39H52O4. The van der Waals surface area contributed by atoms with Gasteiger partial charge in [-0.25, -0.2) is 9.59 Å². The molecule has 4 saturated carbocycles. The zero-order chi connectivity index (χ0) is 31.2. The number of fused-ring (bicyclic) bond motifs is 7. The summed E-state index contributed by atoms with van der Waals surface area (Å²) in [5.74, 6) is 1.03. The van der Waals surface area contributed by atoms with E-state index in [0.29, 0.717) is 35.2 Å². The largest absolute Gasteiger partial charge is 0.478 e. The van der Waals surface area contributed by atoms with Gasteiger partial charge in [0.2, 0.25) is 0 Å². The molecule has 43 heavy (non-hydrogen) atoms. The molecule has 1 aromatic carbocycles. The number of benzene rings is 1. The van der Waals surface area contributed by atoms with Gasteiger partial charge in [-0.05, 0) is 145 Å². The monoisotopic (exact) mass is 584 g/mol. The number of aromatic carboxylic acids is 1. The van der Waals surface area contributed by atoms with E-state index < -0.39 is 11.9 Å². The summed E-state index contributed by atoms with van der Waals surface area (Å²) >= 11 is 0. The lowest BCUT2D eigenvalue weighted by atomic mass is 9.32. The second-order valence-corrected chi connectivity index (χ2v) is 16.5. The highest BCUT2D eigenvalue weighted by Gasteiger charge is 2.70. The highest BCUT2D eigenvalue weighted by Crippen LogP contribution is 2.77. The lowest BCUT2D eigenvalue weighted by molar-refractivity contribution is -0.221. The number of carboxylic acid groups (broad SMARTS) is 2. The van der Waals surface area contributed by atoms with Crippen molar-refractivity contribution < 1.29 is 19.8 Å². The number of hydrogen-bond acceptors (Lipinski definition) is 2. The summed E-state index contributed by atoms with van der Waals surface area (Å²) in [5, 5.41) is 19.0. The maximum absolute atomic E-state index is 11.7. The third-order valence-corrected chi connectivity index (χ3v) is 14.7. The van der Waals surface area contributed by atoms with Crippen molar-refractivity contribution in [2.75, 3.05) is 0 Å². The zero-order valence-electron chi connectivity index (χ0n) is 27.2. The average Bonchev–Trinajstić information content (AvgIpc) is 3.32. The Morgan fingerprint density at radius 1 is 0.860 bits per heavy atom. The lowest BCUT2D eigenvalue weighted by Crippen LogP contribution is -2.65. The highest BCUT2D eigenvalue weighted by molar-refractivity contribution is 5.88. The van der Waals surface area contributed by atoms with Crippen molar-refractivity contribution in [1.29, 1.82) is 0 Å². The molecule has 0 spiro atoms. The summed E-state index contributed by atoms with van der Waals surface area (Å²) in [6.45, 7) is 19.4. The number of allylic oxidation sites excluding steroid dienone is 4. The molecule has 0 unspecified atom stereocenters. The highest BCUT2D eigenvalue weighted by atomic mass is 16.4. The third kappa shape index (κ3) is 4.21. The topological polar surface area (TPSA) is 74.6 Å². The minimum Gasteiger partial charge on any atom is -0.478 e. The van der Waals surface area contributed by atoms with E-state index in [1.165, 1.54) is 49.3 Å². The van der Waals surface area contributed by atoms with Crippen LogP contribution in [0.25, 0.3) is 5.57 Å². The number of hydrogen-bond donors (Lipinski definition) is 2. The van der Waals surface area contributed by atoms with Crippen LogP contribution in [0.1, 0.15) is 115 Å². The van der Waals surface area contributed by atoms with Crippen LogP contribution < -0.4 is 0 Å². The number of carboxylic acids is 2. The Balaban J connectivity index is 1.36. The predicted octanol–water partition coefficient (Wildman–Crippen LogP) is 9.68. The molecule has 0 heterocycles. The molecule has 4 fully saturated rings. The summed E-state index contributed by atoms with van der Waals surface area (Å²) in [6.07, 6.45) is 16.5. The summed E-state index contributed by atoms with van der Waals surface area (Å²) in [6, 6.07) is 7.51. The third-order valence-electron chi connectivity index (χ3n) is 14.7. The van der Waals surface area contributed by atoms with Crippen LogP contribution in [0.15, 0.2) is 54.6 Å². The SMILES string of the molecule is C=C(C)[C@@H]1CC[C@]2(/C=C/C(=O)O)CC[C@]3(C)[C@H](CC[C@@H]4[C@@]5(C)CC=C(c6ccc(C(=O)O)cc6)C(C)(C)[C@@H]5CC[C@]43C)[C@@H]12. The molecule has 5 aliphatic carbocycles. The first-order valence-corrected chi connectivity index (χ1v) is 16.7. The minimum absolute atomic E-state index is 0.00330. The van der Waals surface area contributed by atoms with E-state index in [1.54, 1.807) is 12.1 Å².